The van der Waals surface area contributed by atoms with Gasteiger partial charge in [-0.25, -0.2) is 19.2 Å². The van der Waals surface area contributed by atoms with E-state index in [1.807, 2.05) is 0 Å². The van der Waals surface area contributed by atoms with E-state index in [1.165, 1.54) is 24.5 Å². The Bertz CT molecular complexity index is 607. The van der Waals surface area contributed by atoms with Gasteiger partial charge in [-0.2, -0.15) is 0 Å². The van der Waals surface area contributed by atoms with Gasteiger partial charge in [-0.3, -0.25) is 0 Å². The number of nitrogen functional groups attached to an aromatic ring is 1. The van der Waals surface area contributed by atoms with Crippen LogP contribution in [0.25, 0.3) is 0 Å². The van der Waals surface area contributed by atoms with Gasteiger partial charge in [0.2, 0.25) is 0 Å². The van der Waals surface area contributed by atoms with Gasteiger partial charge in [0.05, 0.1) is 0 Å². The Hall–Kier alpha value is -2.70. The van der Waals surface area contributed by atoms with Crippen LogP contribution in [0.15, 0.2) is 36.7 Å². The summed E-state index contributed by atoms with van der Waals surface area (Å²) in [4.78, 5) is 19.1. The van der Waals surface area contributed by atoms with E-state index >= 15 is 0 Å². The van der Waals surface area contributed by atoms with Crippen LogP contribution in [-0.4, -0.2) is 29.2 Å². The second-order valence-corrected chi connectivity index (χ2v) is 3.70. The Morgan fingerprint density at radius 1 is 1.20 bits per heavy atom. The van der Waals surface area contributed by atoms with Crippen molar-refractivity contribution in [2.45, 2.75) is 0 Å². The Balaban J connectivity index is 1.81. The second kappa shape index (κ2) is 6.46. The number of aromatic nitrogens is 2. The molecular formula is C13H12FN3O3. The van der Waals surface area contributed by atoms with Crippen LogP contribution in [0.2, 0.25) is 0 Å². The number of carbonyl (C=O) groups excluding carboxylic acids is 1. The minimum Gasteiger partial charge on any atom is -0.487 e. The number of nitrogens with zero attached hydrogens (tertiary/aromatic N) is 2. The largest absolute Gasteiger partial charge is 0.487 e. The topological polar surface area (TPSA) is 87.3 Å². The maximum absolute atomic E-state index is 13.2. The number of para-hydroxylation sites is 1. The number of halogens is 1. The van der Waals surface area contributed by atoms with E-state index in [9.17, 15) is 9.18 Å². The molecule has 1 aromatic carbocycles. The molecule has 0 bridgehead atoms. The number of hydrogen-bond acceptors (Lipinski definition) is 6. The fourth-order valence-corrected chi connectivity index (χ4v) is 1.42. The first-order valence-electron chi connectivity index (χ1n) is 5.79. The van der Waals surface area contributed by atoms with Crippen molar-refractivity contribution in [1.29, 1.82) is 0 Å². The van der Waals surface area contributed by atoms with Crippen LogP contribution in [-0.2, 0) is 4.74 Å². The summed E-state index contributed by atoms with van der Waals surface area (Å²) in [5.41, 5.74) is 5.42. The van der Waals surface area contributed by atoms with Gasteiger partial charge < -0.3 is 15.2 Å². The van der Waals surface area contributed by atoms with Gasteiger partial charge in [-0.15, -0.1) is 0 Å². The molecule has 0 fully saturated rings. The lowest BCUT2D eigenvalue weighted by molar-refractivity contribution is 0.0442. The van der Waals surface area contributed by atoms with Gasteiger partial charge in [-0.05, 0) is 12.1 Å². The number of rotatable bonds is 5. The lowest BCUT2D eigenvalue weighted by Gasteiger charge is -2.08. The molecule has 0 radical (unpaired) electrons. The molecule has 0 atom stereocenters. The summed E-state index contributed by atoms with van der Waals surface area (Å²) in [5, 5.41) is 0. The fourth-order valence-electron chi connectivity index (χ4n) is 1.42. The molecule has 0 saturated heterocycles. The van der Waals surface area contributed by atoms with Gasteiger partial charge in [-0.1, -0.05) is 12.1 Å². The van der Waals surface area contributed by atoms with E-state index < -0.39 is 11.8 Å². The van der Waals surface area contributed by atoms with E-state index in [0.717, 1.165) is 0 Å². The molecule has 0 aliphatic heterocycles. The highest BCUT2D eigenvalue weighted by Gasteiger charge is 2.13. The molecule has 0 amide bonds. The van der Waals surface area contributed by atoms with Crippen molar-refractivity contribution >= 4 is 11.8 Å². The van der Waals surface area contributed by atoms with Crippen LogP contribution >= 0.6 is 0 Å². The molecule has 0 aliphatic carbocycles. The first-order valence-corrected chi connectivity index (χ1v) is 5.79. The number of ether oxygens (including phenoxy) is 2. The van der Waals surface area contributed by atoms with Crippen molar-refractivity contribution in [3.8, 4) is 5.75 Å². The fraction of sp³-hybridized carbons (Fsp3) is 0.154. The zero-order valence-electron chi connectivity index (χ0n) is 10.5. The Kier molecular flexibility index (Phi) is 4.43. The van der Waals surface area contributed by atoms with Gasteiger partial charge in [0.25, 0.3) is 0 Å². The van der Waals surface area contributed by atoms with E-state index in [4.69, 9.17) is 15.2 Å². The molecule has 20 heavy (non-hydrogen) atoms. The molecule has 0 unspecified atom stereocenters. The molecule has 104 valence electrons. The van der Waals surface area contributed by atoms with Crippen molar-refractivity contribution in [1.82, 2.24) is 9.97 Å². The highest BCUT2D eigenvalue weighted by atomic mass is 19.1. The highest BCUT2D eigenvalue weighted by Crippen LogP contribution is 2.15. The monoisotopic (exact) mass is 277 g/mol. The predicted molar refractivity (Wildman–Crippen MR) is 68.6 cm³/mol. The standard InChI is InChI=1S/C13H12FN3O3/c14-9-3-1-2-4-10(9)19-7-8-20-13(18)11-12(15)17-6-5-16-11/h1-6H,7-8H2,(H2,15,17). The van der Waals surface area contributed by atoms with Gasteiger partial charge in [0.15, 0.2) is 23.1 Å². The maximum Gasteiger partial charge on any atom is 0.360 e. The zero-order valence-corrected chi connectivity index (χ0v) is 10.5. The van der Waals surface area contributed by atoms with E-state index in [1.54, 1.807) is 12.1 Å². The maximum atomic E-state index is 13.2. The zero-order chi connectivity index (χ0) is 14.4. The first kappa shape index (κ1) is 13.7. The average molecular weight is 277 g/mol. The third-order valence-corrected chi connectivity index (χ3v) is 2.33. The molecule has 0 spiro atoms. The summed E-state index contributed by atoms with van der Waals surface area (Å²) in [5.74, 6) is -1.08. The van der Waals surface area contributed by atoms with Crippen LogP contribution in [0.3, 0.4) is 0 Å². The van der Waals surface area contributed by atoms with E-state index in [2.05, 4.69) is 9.97 Å². The summed E-state index contributed by atoms with van der Waals surface area (Å²) in [6.45, 7) is -0.0317. The minimum atomic E-state index is -0.701. The van der Waals surface area contributed by atoms with Crippen molar-refractivity contribution in [3.63, 3.8) is 0 Å². The smallest absolute Gasteiger partial charge is 0.360 e. The number of esters is 1. The van der Waals surface area contributed by atoms with Crippen LogP contribution < -0.4 is 10.5 Å². The summed E-state index contributed by atoms with van der Waals surface area (Å²) in [7, 11) is 0. The summed E-state index contributed by atoms with van der Waals surface area (Å²) in [6.07, 6.45) is 2.70. The second-order valence-electron chi connectivity index (χ2n) is 3.70. The quantitative estimate of drug-likeness (QED) is 0.657. The molecule has 2 aromatic rings. The summed E-state index contributed by atoms with van der Waals surface area (Å²) >= 11 is 0. The molecule has 1 heterocycles. The van der Waals surface area contributed by atoms with Crippen LogP contribution in [0, 0.1) is 5.82 Å². The molecule has 0 saturated carbocycles. The Labute approximate surface area is 114 Å². The lowest BCUT2D eigenvalue weighted by atomic mass is 10.3. The minimum absolute atomic E-state index is 0.00692. The highest BCUT2D eigenvalue weighted by molar-refractivity contribution is 5.91. The van der Waals surface area contributed by atoms with E-state index in [-0.39, 0.29) is 30.5 Å². The summed E-state index contributed by atoms with van der Waals surface area (Å²) in [6, 6.07) is 5.96. The van der Waals surface area contributed by atoms with Crippen LogP contribution in [0.1, 0.15) is 10.5 Å². The van der Waals surface area contributed by atoms with Crippen molar-refractivity contribution < 1.29 is 18.7 Å². The Morgan fingerprint density at radius 3 is 2.70 bits per heavy atom. The average Bonchev–Trinajstić information content (AvgIpc) is 2.45. The number of anilines is 1. The molecule has 2 rings (SSSR count). The van der Waals surface area contributed by atoms with Gasteiger partial charge in [0.1, 0.15) is 13.2 Å². The summed E-state index contributed by atoms with van der Waals surface area (Å²) < 4.78 is 23.3. The molecule has 2 N–H and O–H groups in total. The number of carbonyl (C=O) groups is 1. The molecular weight excluding hydrogens is 265 g/mol. The van der Waals surface area contributed by atoms with Crippen molar-refractivity contribution in [2.24, 2.45) is 0 Å². The normalized spacial score (nSPS) is 10.1. The number of nitrogens with two attached hydrogens (primary N) is 1. The van der Waals surface area contributed by atoms with Gasteiger partial charge >= 0.3 is 5.97 Å². The van der Waals surface area contributed by atoms with Gasteiger partial charge in [0, 0.05) is 12.4 Å². The van der Waals surface area contributed by atoms with Crippen LogP contribution in [0.4, 0.5) is 10.2 Å². The molecule has 7 heteroatoms. The first-order chi connectivity index (χ1) is 9.68. The SMILES string of the molecule is Nc1nccnc1C(=O)OCCOc1ccccc1F. The van der Waals surface area contributed by atoms with Crippen LogP contribution in [0.5, 0.6) is 5.75 Å². The van der Waals surface area contributed by atoms with Crippen molar-refractivity contribution in [3.05, 3.63) is 48.2 Å². The van der Waals surface area contributed by atoms with E-state index in [0.29, 0.717) is 0 Å². The lowest BCUT2D eigenvalue weighted by Crippen LogP contribution is -2.15. The third-order valence-electron chi connectivity index (χ3n) is 2.33. The van der Waals surface area contributed by atoms with Crippen molar-refractivity contribution in [2.75, 3.05) is 18.9 Å². The Morgan fingerprint density at radius 2 is 1.95 bits per heavy atom. The molecule has 6 nitrogen and oxygen atoms in total. The third kappa shape index (κ3) is 3.41. The predicted octanol–water partition coefficient (Wildman–Crippen LogP) is 1.43. The number of benzene rings is 1. The molecule has 0 aliphatic rings. The number of hydrogen-bond donors (Lipinski definition) is 1. The molecule has 1 aromatic heterocycles.